The fraction of sp³-hybridized carbons (Fsp3) is 0.761. The Hall–Kier alpha value is -5.56. The molecule has 2 fully saturated rings. The van der Waals surface area contributed by atoms with Gasteiger partial charge in [-0.3, -0.25) is 47.9 Å². The Morgan fingerprint density at radius 3 is 1.49 bits per heavy atom. The summed E-state index contributed by atoms with van der Waals surface area (Å²) in [7, 11) is 0. The molecule has 2 saturated heterocycles. The number of carbonyl (C=O) groups is 11. The highest BCUT2D eigenvalue weighted by Crippen LogP contribution is 2.23. The monoisotopic (exact) mass is 1030 g/mol. The molecule has 402 valence electrons. The van der Waals surface area contributed by atoms with Crippen LogP contribution in [0.5, 0.6) is 0 Å². The number of carboxylic acid groups (broad SMARTS) is 1. The van der Waals surface area contributed by atoms with E-state index in [1.807, 2.05) is 13.8 Å². The van der Waals surface area contributed by atoms with Crippen LogP contribution in [0.2, 0.25) is 0 Å². The first kappa shape index (κ1) is 61.6. The Balaban J connectivity index is 2.15. The first-order chi connectivity index (χ1) is 33.1. The van der Waals surface area contributed by atoms with Gasteiger partial charge in [0, 0.05) is 25.3 Å². The first-order valence-electron chi connectivity index (χ1n) is 24.4. The molecule has 2 rings (SSSR count). The van der Waals surface area contributed by atoms with Gasteiger partial charge in [0.05, 0.1) is 12.6 Å². The number of thiol groups is 1. The summed E-state index contributed by atoms with van der Waals surface area (Å²) in [6.07, 6.45) is 0.938. The number of nitrogens with two attached hydrogens (primary N) is 2. The van der Waals surface area contributed by atoms with Crippen LogP contribution in [0.25, 0.3) is 0 Å². The van der Waals surface area contributed by atoms with E-state index in [2.05, 4.69) is 49.8 Å². The van der Waals surface area contributed by atoms with Crippen molar-refractivity contribution in [3.63, 3.8) is 0 Å². The largest absolute Gasteiger partial charge is 0.480 e. The van der Waals surface area contributed by atoms with E-state index in [0.29, 0.717) is 12.8 Å². The second-order valence-electron chi connectivity index (χ2n) is 19.9. The van der Waals surface area contributed by atoms with Gasteiger partial charge in [-0.2, -0.15) is 12.6 Å². The fourth-order valence-electron chi connectivity index (χ4n) is 8.16. The molecular weight excluding hydrogens is 947 g/mol. The maximum Gasteiger partial charge on any atom is 0.326 e. The number of nitrogens with zero attached hydrogens (tertiary/aromatic N) is 2. The van der Waals surface area contributed by atoms with Crippen LogP contribution in [0.3, 0.4) is 0 Å². The summed E-state index contributed by atoms with van der Waals surface area (Å²) in [6.45, 7) is 14.8. The van der Waals surface area contributed by atoms with E-state index in [1.54, 1.807) is 41.5 Å². The normalized spacial score (nSPS) is 19.2. The molecule has 0 aromatic carbocycles. The Labute approximate surface area is 421 Å². The van der Waals surface area contributed by atoms with Crippen LogP contribution in [0.4, 0.5) is 0 Å². The number of rotatable bonds is 28. The van der Waals surface area contributed by atoms with Crippen molar-refractivity contribution in [3.05, 3.63) is 0 Å². The predicted molar refractivity (Wildman–Crippen MR) is 262 cm³/mol. The molecule has 10 atom stereocenters. The van der Waals surface area contributed by atoms with Gasteiger partial charge in [0.15, 0.2) is 0 Å². The van der Waals surface area contributed by atoms with Crippen LogP contribution >= 0.6 is 12.6 Å². The summed E-state index contributed by atoms with van der Waals surface area (Å²) in [5.41, 5.74) is 11.4. The number of aliphatic hydroxyl groups excluding tert-OH is 1. The van der Waals surface area contributed by atoms with Crippen molar-refractivity contribution in [2.24, 2.45) is 35.1 Å². The van der Waals surface area contributed by atoms with E-state index < -0.39 is 138 Å². The SMILES string of the molecule is CC(C)C[C@H](NC(=O)[C@H](CCC(N)=O)NC(=O)[C@H](CS)NC(=O)[C@H](C)NC(=O)[C@@H]1CCCN1C(=O)[C@H](CO)NC(=O)[C@@H]1CCCN1C(=O)[C@H](CC(C)C)NC(=O)[C@@H](N)C(C)C)C(=O)N[C@H](C(=O)O)C(C)C. The third-order valence-electron chi connectivity index (χ3n) is 12.3. The topological polar surface area (TPSA) is 371 Å². The maximum absolute atomic E-state index is 13.9. The minimum Gasteiger partial charge on any atom is -0.480 e. The summed E-state index contributed by atoms with van der Waals surface area (Å²) < 4.78 is 0. The average Bonchev–Trinajstić information content (AvgIpc) is 4.00. The number of primary amides is 1. The molecule has 10 amide bonds. The first-order valence-corrected chi connectivity index (χ1v) is 25.0. The lowest BCUT2D eigenvalue weighted by Gasteiger charge is -2.32. The standard InChI is InChI=1S/C46H79N11O13S/c1-22(2)18-28(39(62)55-36(25(7)8)46(69)70)51-38(61)27(14-15-34(47)59)50-40(63)31(21-71)54-37(60)26(9)49-41(64)32-12-10-17-57(32)45(68)30(20-58)53-42(65)33-13-11-16-56(33)44(67)29(19-23(3)4)52-43(66)35(48)24(5)6/h22-33,35-36,58,71H,10-21,48H2,1-9H3,(H2,47,59)(H,49,64)(H,50,63)(H,51,61)(H,52,66)(H,53,65)(H,54,60)(H,55,62)(H,69,70)/t26-,27-,28-,29-,30-,31-,32-,33-,35-,36-/m0/s1. The molecule has 0 aromatic heterocycles. The number of likely N-dealkylation sites (tertiary alicyclic amines) is 2. The smallest absolute Gasteiger partial charge is 0.326 e. The number of aliphatic carboxylic acids is 1. The van der Waals surface area contributed by atoms with Gasteiger partial charge in [0.25, 0.3) is 0 Å². The number of hydrogen-bond donors (Lipinski definition) is 12. The Morgan fingerprint density at radius 1 is 0.577 bits per heavy atom. The van der Waals surface area contributed by atoms with E-state index in [1.165, 1.54) is 16.7 Å². The van der Waals surface area contributed by atoms with Gasteiger partial charge in [0.2, 0.25) is 59.1 Å². The molecule has 2 heterocycles. The van der Waals surface area contributed by atoms with Crippen molar-refractivity contribution in [1.82, 2.24) is 47.0 Å². The summed E-state index contributed by atoms with van der Waals surface area (Å²) in [5.74, 6) is -9.89. The van der Waals surface area contributed by atoms with Crippen molar-refractivity contribution in [2.75, 3.05) is 25.4 Å². The molecule has 2 aliphatic heterocycles. The van der Waals surface area contributed by atoms with Crippen molar-refractivity contribution in [3.8, 4) is 0 Å². The zero-order valence-electron chi connectivity index (χ0n) is 42.4. The Morgan fingerprint density at radius 2 is 1.03 bits per heavy atom. The van der Waals surface area contributed by atoms with Crippen molar-refractivity contribution in [2.45, 2.75) is 174 Å². The Bertz CT molecular complexity index is 1920. The highest BCUT2D eigenvalue weighted by molar-refractivity contribution is 7.80. The highest BCUT2D eigenvalue weighted by Gasteiger charge is 2.42. The van der Waals surface area contributed by atoms with Gasteiger partial charge in [-0.05, 0) is 75.5 Å². The third kappa shape index (κ3) is 18.9. The molecule has 24 nitrogen and oxygen atoms in total. The van der Waals surface area contributed by atoms with E-state index >= 15 is 0 Å². The predicted octanol–water partition coefficient (Wildman–Crippen LogP) is -2.61. The van der Waals surface area contributed by atoms with Gasteiger partial charge in [-0.15, -0.1) is 0 Å². The quantitative estimate of drug-likeness (QED) is 0.0358. The van der Waals surface area contributed by atoms with E-state index in [0.717, 1.165) is 0 Å². The molecular formula is C46H79N11O13S. The molecule has 0 saturated carbocycles. The fourth-order valence-corrected chi connectivity index (χ4v) is 8.42. The van der Waals surface area contributed by atoms with Crippen molar-refractivity contribution in [1.29, 1.82) is 0 Å². The van der Waals surface area contributed by atoms with Crippen LogP contribution in [-0.2, 0) is 52.7 Å². The van der Waals surface area contributed by atoms with Gasteiger partial charge in [-0.25, -0.2) is 4.79 Å². The lowest BCUT2D eigenvalue weighted by molar-refractivity contribution is -0.145. The Kier molecular flexibility index (Phi) is 25.2. The summed E-state index contributed by atoms with van der Waals surface area (Å²) in [6, 6.07) is -12.1. The summed E-state index contributed by atoms with van der Waals surface area (Å²) >= 11 is 4.19. The van der Waals surface area contributed by atoms with Gasteiger partial charge in [0.1, 0.15) is 54.4 Å². The van der Waals surface area contributed by atoms with Crippen LogP contribution in [0, 0.1) is 23.7 Å². The number of carboxylic acids is 1. The molecule has 25 heteroatoms. The molecule has 0 unspecified atom stereocenters. The molecule has 0 bridgehead atoms. The van der Waals surface area contributed by atoms with Gasteiger partial charge >= 0.3 is 5.97 Å². The summed E-state index contributed by atoms with van der Waals surface area (Å²) in [5, 5.41) is 37.6. The number of nitrogens with one attached hydrogen (secondary N) is 7. The van der Waals surface area contributed by atoms with Crippen LogP contribution in [0.1, 0.15) is 114 Å². The average molecular weight is 1030 g/mol. The molecule has 13 N–H and O–H groups in total. The molecule has 71 heavy (non-hydrogen) atoms. The number of aliphatic hydroxyl groups is 1. The van der Waals surface area contributed by atoms with Gasteiger partial charge < -0.3 is 68.7 Å². The molecule has 0 radical (unpaired) electrons. The van der Waals surface area contributed by atoms with E-state index in [4.69, 9.17) is 11.5 Å². The van der Waals surface area contributed by atoms with E-state index in [9.17, 15) is 63.0 Å². The molecule has 0 spiro atoms. The number of amides is 10. The number of carbonyl (C=O) groups excluding carboxylic acids is 10. The lowest BCUT2D eigenvalue weighted by atomic mass is 9.99. The van der Waals surface area contributed by atoms with Gasteiger partial charge in [-0.1, -0.05) is 55.4 Å². The summed E-state index contributed by atoms with van der Waals surface area (Å²) in [4.78, 5) is 148. The molecule has 0 aromatic rings. The van der Waals surface area contributed by atoms with Crippen molar-refractivity contribution < 1.29 is 63.0 Å². The zero-order chi connectivity index (χ0) is 54.0. The van der Waals surface area contributed by atoms with E-state index in [-0.39, 0.29) is 75.1 Å². The highest BCUT2D eigenvalue weighted by atomic mass is 32.1. The van der Waals surface area contributed by atoms with Crippen LogP contribution < -0.4 is 48.7 Å². The third-order valence-corrected chi connectivity index (χ3v) is 12.6. The van der Waals surface area contributed by atoms with Crippen LogP contribution in [0.15, 0.2) is 0 Å². The maximum atomic E-state index is 13.9. The van der Waals surface area contributed by atoms with Crippen molar-refractivity contribution >= 4 is 77.7 Å². The zero-order valence-corrected chi connectivity index (χ0v) is 43.3. The lowest BCUT2D eigenvalue weighted by Crippen LogP contribution is -2.60. The van der Waals surface area contributed by atoms with Crippen LogP contribution in [-0.4, -0.2) is 171 Å². The minimum absolute atomic E-state index is 0.00158. The molecule has 2 aliphatic rings. The number of hydrogen-bond acceptors (Lipinski definition) is 14. The second-order valence-corrected chi connectivity index (χ2v) is 20.2. The second kappa shape index (κ2) is 29.1. The molecule has 0 aliphatic carbocycles. The minimum atomic E-state index is -1.50.